The van der Waals surface area contributed by atoms with E-state index in [9.17, 15) is 0 Å². The molecule has 0 fully saturated rings. The maximum absolute atomic E-state index is 5.68. The number of hydrogen-bond donors (Lipinski definition) is 0. The van der Waals surface area contributed by atoms with Crippen molar-refractivity contribution in [3.05, 3.63) is 28.7 Å². The molecule has 2 radical (unpaired) electrons. The molecule has 1 rings (SSSR count). The van der Waals surface area contributed by atoms with E-state index in [1.54, 1.807) is 0 Å². The number of rotatable bonds is 2. The minimum Gasteiger partial charge on any atom is -0.407 e. The molecule has 1 aromatic carbocycles. The summed E-state index contributed by atoms with van der Waals surface area (Å²) in [4.78, 5) is 0. The molecule has 0 amide bonds. The molecule has 13 heavy (non-hydrogen) atoms. The molecule has 0 spiro atoms. The third-order valence-electron chi connectivity index (χ3n) is 1.30. The number of halogens is 1. The molecule has 0 unspecified atom stereocenters. The fourth-order valence-electron chi connectivity index (χ4n) is 0.764. The van der Waals surface area contributed by atoms with Crippen molar-refractivity contribution >= 4 is 30.9 Å². The van der Waals surface area contributed by atoms with Gasteiger partial charge in [-0.15, -0.1) is 0 Å². The van der Waals surface area contributed by atoms with Gasteiger partial charge >= 0.3 is 0 Å². The van der Waals surface area contributed by atoms with Crippen LogP contribution in [0.1, 0.15) is 20.8 Å². The van der Waals surface area contributed by atoms with E-state index in [1.807, 2.05) is 12.1 Å². The summed E-state index contributed by atoms with van der Waals surface area (Å²) in [6.07, 6.45) is 0. The largest absolute Gasteiger partial charge is 0.407 e. The lowest BCUT2D eigenvalue weighted by Gasteiger charge is -2.19. The highest BCUT2D eigenvalue weighted by Crippen LogP contribution is 2.07. The van der Waals surface area contributed by atoms with Crippen LogP contribution >= 0.6 is 15.9 Å². The van der Waals surface area contributed by atoms with Crippen molar-refractivity contribution in [1.29, 1.82) is 0 Å². The van der Waals surface area contributed by atoms with Crippen LogP contribution in [0.4, 0.5) is 0 Å². The SMILES string of the molecule is CC(C)(C)O[Si]c1cccc(Br)c1. The molecule has 1 aromatic rings. The van der Waals surface area contributed by atoms with Gasteiger partial charge in [-0.05, 0) is 38.1 Å². The van der Waals surface area contributed by atoms with Crippen LogP contribution in [0.15, 0.2) is 28.7 Å². The maximum atomic E-state index is 5.68. The molecule has 0 atom stereocenters. The second kappa shape index (κ2) is 4.40. The van der Waals surface area contributed by atoms with Crippen LogP contribution in [0.5, 0.6) is 0 Å². The van der Waals surface area contributed by atoms with E-state index >= 15 is 0 Å². The molecule has 0 heterocycles. The average molecular weight is 257 g/mol. The Labute approximate surface area is 90.6 Å². The van der Waals surface area contributed by atoms with Gasteiger partial charge in [-0.1, -0.05) is 28.1 Å². The first kappa shape index (κ1) is 11.0. The van der Waals surface area contributed by atoms with Crippen molar-refractivity contribution in [3.63, 3.8) is 0 Å². The van der Waals surface area contributed by atoms with Gasteiger partial charge in [0.1, 0.15) is 0 Å². The maximum Gasteiger partial charge on any atom is 0.269 e. The summed E-state index contributed by atoms with van der Waals surface area (Å²) < 4.78 is 6.78. The summed E-state index contributed by atoms with van der Waals surface area (Å²) in [5.74, 6) is 0. The molecule has 0 saturated heterocycles. The monoisotopic (exact) mass is 256 g/mol. The fourth-order valence-corrected chi connectivity index (χ4v) is 2.18. The van der Waals surface area contributed by atoms with E-state index in [2.05, 4.69) is 48.8 Å². The lowest BCUT2D eigenvalue weighted by Crippen LogP contribution is -2.28. The Morgan fingerprint density at radius 1 is 1.31 bits per heavy atom. The van der Waals surface area contributed by atoms with Gasteiger partial charge in [-0.3, -0.25) is 0 Å². The molecule has 3 heteroatoms. The predicted molar refractivity (Wildman–Crippen MR) is 60.4 cm³/mol. The molecule has 0 saturated carbocycles. The van der Waals surface area contributed by atoms with Gasteiger partial charge in [-0.25, -0.2) is 0 Å². The van der Waals surface area contributed by atoms with Gasteiger partial charge in [0, 0.05) is 10.1 Å². The standard InChI is InChI=1S/C10H13BrOSi/c1-10(2,3)12-13-9-6-4-5-8(11)7-9/h4-7H,1-3H3. The normalized spacial score (nSPS) is 11.7. The van der Waals surface area contributed by atoms with Gasteiger partial charge in [0.2, 0.25) is 0 Å². The Hall–Kier alpha value is -0.123. The van der Waals surface area contributed by atoms with Crippen molar-refractivity contribution in [3.8, 4) is 0 Å². The van der Waals surface area contributed by atoms with E-state index in [0.29, 0.717) is 9.76 Å². The predicted octanol–water partition coefficient (Wildman–Crippen LogP) is 2.51. The van der Waals surface area contributed by atoms with Gasteiger partial charge in [0.05, 0.1) is 0 Å². The molecular formula is C10H13BrOSi. The van der Waals surface area contributed by atoms with Crippen LogP contribution in [-0.2, 0) is 4.43 Å². The second-order valence-corrected chi connectivity index (χ2v) is 5.73. The van der Waals surface area contributed by atoms with Crippen LogP contribution in [0.3, 0.4) is 0 Å². The Bertz CT molecular complexity index is 280. The summed E-state index contributed by atoms with van der Waals surface area (Å²) in [7, 11) is 0.422. The summed E-state index contributed by atoms with van der Waals surface area (Å²) in [5, 5.41) is 1.23. The van der Waals surface area contributed by atoms with Crippen LogP contribution < -0.4 is 5.19 Å². The third-order valence-corrected chi connectivity index (χ3v) is 3.05. The summed E-state index contributed by atoms with van der Waals surface area (Å²) >= 11 is 3.43. The average Bonchev–Trinajstić information content (AvgIpc) is 2.00. The van der Waals surface area contributed by atoms with Crippen LogP contribution in [0.25, 0.3) is 0 Å². The zero-order chi connectivity index (χ0) is 9.90. The first-order valence-electron chi connectivity index (χ1n) is 4.17. The fraction of sp³-hybridized carbons (Fsp3) is 0.400. The summed E-state index contributed by atoms with van der Waals surface area (Å²) in [6.45, 7) is 6.20. The van der Waals surface area contributed by atoms with Gasteiger partial charge < -0.3 is 4.43 Å². The van der Waals surface area contributed by atoms with E-state index in [1.165, 1.54) is 5.19 Å². The molecule has 0 aliphatic heterocycles. The van der Waals surface area contributed by atoms with Gasteiger partial charge in [0.25, 0.3) is 9.76 Å². The quantitative estimate of drug-likeness (QED) is 0.740. The molecule has 0 aromatic heterocycles. The molecule has 0 aliphatic rings. The van der Waals surface area contributed by atoms with E-state index in [0.717, 1.165) is 4.47 Å². The molecule has 1 nitrogen and oxygen atoms in total. The van der Waals surface area contributed by atoms with Crippen molar-refractivity contribution in [2.45, 2.75) is 26.4 Å². The Morgan fingerprint density at radius 3 is 2.54 bits per heavy atom. The lowest BCUT2D eigenvalue weighted by molar-refractivity contribution is 0.142. The van der Waals surface area contributed by atoms with Gasteiger partial charge in [-0.2, -0.15) is 0 Å². The summed E-state index contributed by atoms with van der Waals surface area (Å²) in [5.41, 5.74) is -0.0548. The number of hydrogen-bond acceptors (Lipinski definition) is 1. The highest BCUT2D eigenvalue weighted by atomic mass is 79.9. The number of benzene rings is 1. The molecule has 70 valence electrons. The van der Waals surface area contributed by atoms with Crippen molar-refractivity contribution in [2.75, 3.05) is 0 Å². The first-order chi connectivity index (χ1) is 5.97. The smallest absolute Gasteiger partial charge is 0.269 e. The minimum atomic E-state index is -0.0548. The lowest BCUT2D eigenvalue weighted by atomic mass is 10.2. The highest BCUT2D eigenvalue weighted by Gasteiger charge is 2.10. The Balaban J connectivity index is 2.55. The molecule has 0 bridgehead atoms. The zero-order valence-corrected chi connectivity index (χ0v) is 10.7. The van der Waals surface area contributed by atoms with E-state index in [4.69, 9.17) is 4.43 Å². The highest BCUT2D eigenvalue weighted by molar-refractivity contribution is 9.10. The van der Waals surface area contributed by atoms with Crippen molar-refractivity contribution in [1.82, 2.24) is 0 Å². The summed E-state index contributed by atoms with van der Waals surface area (Å²) in [6, 6.07) is 8.21. The topological polar surface area (TPSA) is 9.23 Å². The van der Waals surface area contributed by atoms with Crippen molar-refractivity contribution < 1.29 is 4.43 Å². The zero-order valence-electron chi connectivity index (χ0n) is 8.10. The van der Waals surface area contributed by atoms with E-state index in [-0.39, 0.29) is 5.60 Å². The van der Waals surface area contributed by atoms with Crippen LogP contribution in [0, 0.1) is 0 Å². The van der Waals surface area contributed by atoms with Crippen LogP contribution in [0.2, 0.25) is 0 Å². The first-order valence-corrected chi connectivity index (χ1v) is 5.87. The third kappa shape index (κ3) is 4.60. The van der Waals surface area contributed by atoms with Crippen LogP contribution in [-0.4, -0.2) is 15.4 Å². The molecule has 0 aliphatic carbocycles. The second-order valence-electron chi connectivity index (χ2n) is 3.83. The van der Waals surface area contributed by atoms with E-state index < -0.39 is 0 Å². The Kier molecular flexibility index (Phi) is 3.70. The molecule has 0 N–H and O–H groups in total. The van der Waals surface area contributed by atoms with Crippen molar-refractivity contribution in [2.24, 2.45) is 0 Å². The Morgan fingerprint density at radius 2 is 2.00 bits per heavy atom. The van der Waals surface area contributed by atoms with Gasteiger partial charge in [0.15, 0.2) is 0 Å². The minimum absolute atomic E-state index is 0.0548. The molecular weight excluding hydrogens is 244 g/mol.